The van der Waals surface area contributed by atoms with Gasteiger partial charge in [-0.25, -0.2) is 0 Å². The summed E-state index contributed by atoms with van der Waals surface area (Å²) in [5.74, 6) is 0.220. The van der Waals surface area contributed by atoms with Crippen molar-refractivity contribution in [2.24, 2.45) is 5.73 Å². The molecule has 6 nitrogen and oxygen atoms in total. The Morgan fingerprint density at radius 2 is 1.85 bits per heavy atom. The van der Waals surface area contributed by atoms with Gasteiger partial charge in [0.25, 0.3) is 0 Å². The molecule has 0 bridgehead atoms. The fraction of sp³-hybridized carbons (Fsp3) is 0.263. The lowest BCUT2D eigenvalue weighted by molar-refractivity contribution is -0.122. The minimum atomic E-state index is -0.705. The van der Waals surface area contributed by atoms with Crippen molar-refractivity contribution in [1.82, 2.24) is 5.32 Å². The number of anilines is 1. The largest absolute Gasteiger partial charge is 0.492 e. The number of nitrogens with two attached hydrogens (primary N) is 1. The van der Waals surface area contributed by atoms with E-state index < -0.39 is 6.04 Å². The van der Waals surface area contributed by atoms with E-state index >= 15 is 0 Å². The van der Waals surface area contributed by atoms with E-state index in [0.29, 0.717) is 24.6 Å². The average Bonchev–Trinajstić information content (AvgIpc) is 2.58. The van der Waals surface area contributed by atoms with Crippen LogP contribution < -0.4 is 21.1 Å². The molecule has 2 aromatic carbocycles. The van der Waals surface area contributed by atoms with Crippen LogP contribution in [0.3, 0.4) is 0 Å². The maximum Gasteiger partial charge on any atom is 0.241 e. The SMILES string of the molecule is CC(=O)Nc1cccc(OCCNC(=O)C(N)c2ccc(C)cc2)c1.Cl. The number of aryl methyl sites for hydroxylation is 1. The summed E-state index contributed by atoms with van der Waals surface area (Å²) in [6.45, 7) is 4.06. The van der Waals surface area contributed by atoms with Crippen LogP contribution in [0.25, 0.3) is 0 Å². The zero-order chi connectivity index (χ0) is 18.2. The minimum absolute atomic E-state index is 0. The Morgan fingerprint density at radius 3 is 2.50 bits per heavy atom. The van der Waals surface area contributed by atoms with Crippen molar-refractivity contribution in [3.63, 3.8) is 0 Å². The van der Waals surface area contributed by atoms with Crippen molar-refractivity contribution in [1.29, 1.82) is 0 Å². The molecule has 0 saturated carbocycles. The number of amides is 2. The first-order chi connectivity index (χ1) is 12.0. The van der Waals surface area contributed by atoms with Gasteiger partial charge < -0.3 is 21.1 Å². The van der Waals surface area contributed by atoms with Crippen LogP contribution in [0, 0.1) is 6.92 Å². The van der Waals surface area contributed by atoms with Crippen molar-refractivity contribution in [2.45, 2.75) is 19.9 Å². The molecule has 0 saturated heterocycles. The molecule has 0 aliphatic carbocycles. The lowest BCUT2D eigenvalue weighted by Gasteiger charge is -2.13. The third kappa shape index (κ3) is 6.74. The van der Waals surface area contributed by atoms with Gasteiger partial charge >= 0.3 is 0 Å². The molecule has 140 valence electrons. The number of carbonyl (C=O) groups excluding carboxylic acids is 2. The highest BCUT2D eigenvalue weighted by Gasteiger charge is 2.14. The molecule has 7 heteroatoms. The van der Waals surface area contributed by atoms with Gasteiger partial charge in [-0.2, -0.15) is 0 Å². The van der Waals surface area contributed by atoms with Gasteiger partial charge in [-0.15, -0.1) is 12.4 Å². The van der Waals surface area contributed by atoms with Crippen LogP contribution >= 0.6 is 12.4 Å². The molecule has 0 fully saturated rings. The molecule has 0 aromatic heterocycles. The van der Waals surface area contributed by atoms with Crippen molar-refractivity contribution >= 4 is 29.9 Å². The fourth-order valence-electron chi connectivity index (χ4n) is 2.25. The molecule has 0 radical (unpaired) electrons. The van der Waals surface area contributed by atoms with E-state index in [-0.39, 0.29) is 24.2 Å². The van der Waals surface area contributed by atoms with E-state index in [9.17, 15) is 9.59 Å². The van der Waals surface area contributed by atoms with Crippen LogP contribution in [0.1, 0.15) is 24.1 Å². The number of benzene rings is 2. The molecule has 2 rings (SSSR count). The molecule has 26 heavy (non-hydrogen) atoms. The molecule has 4 N–H and O–H groups in total. The number of halogens is 1. The van der Waals surface area contributed by atoms with Gasteiger partial charge in [-0.3, -0.25) is 9.59 Å². The van der Waals surface area contributed by atoms with Gasteiger partial charge in [0.05, 0.1) is 6.54 Å². The van der Waals surface area contributed by atoms with Crippen molar-refractivity contribution in [2.75, 3.05) is 18.5 Å². The Hall–Kier alpha value is -2.57. The van der Waals surface area contributed by atoms with E-state index in [4.69, 9.17) is 10.5 Å². The third-order valence-electron chi connectivity index (χ3n) is 3.54. The second kappa shape index (κ2) is 10.4. The molecule has 0 heterocycles. The topological polar surface area (TPSA) is 93.5 Å². The van der Waals surface area contributed by atoms with Gasteiger partial charge in [0.2, 0.25) is 11.8 Å². The fourth-order valence-corrected chi connectivity index (χ4v) is 2.25. The molecular weight excluding hydrogens is 354 g/mol. The molecule has 1 unspecified atom stereocenters. The summed E-state index contributed by atoms with van der Waals surface area (Å²) in [7, 11) is 0. The Labute approximate surface area is 159 Å². The number of nitrogens with one attached hydrogen (secondary N) is 2. The predicted molar refractivity (Wildman–Crippen MR) is 105 cm³/mol. The summed E-state index contributed by atoms with van der Waals surface area (Å²) >= 11 is 0. The van der Waals surface area contributed by atoms with Gasteiger partial charge in [-0.1, -0.05) is 35.9 Å². The highest BCUT2D eigenvalue weighted by molar-refractivity contribution is 5.88. The average molecular weight is 378 g/mol. The normalized spacial score (nSPS) is 11.0. The quantitative estimate of drug-likeness (QED) is 0.646. The summed E-state index contributed by atoms with van der Waals surface area (Å²) in [4.78, 5) is 23.1. The van der Waals surface area contributed by atoms with Gasteiger partial charge in [0.15, 0.2) is 0 Å². The summed E-state index contributed by atoms with van der Waals surface area (Å²) in [5, 5.41) is 5.44. The maximum atomic E-state index is 12.1. The highest BCUT2D eigenvalue weighted by Crippen LogP contribution is 2.17. The van der Waals surface area contributed by atoms with E-state index in [0.717, 1.165) is 11.1 Å². The Balaban J connectivity index is 0.00000338. The number of hydrogen-bond donors (Lipinski definition) is 3. The van der Waals surface area contributed by atoms with Crippen LogP contribution in [-0.2, 0) is 9.59 Å². The zero-order valence-corrected chi connectivity index (χ0v) is 15.6. The number of carbonyl (C=O) groups is 2. The first-order valence-electron chi connectivity index (χ1n) is 8.06. The minimum Gasteiger partial charge on any atom is -0.492 e. The predicted octanol–water partition coefficient (Wildman–Crippen LogP) is 2.57. The maximum absolute atomic E-state index is 12.1. The van der Waals surface area contributed by atoms with E-state index in [1.807, 2.05) is 31.2 Å². The molecule has 0 aliphatic heterocycles. The van der Waals surface area contributed by atoms with Gasteiger partial charge in [-0.05, 0) is 24.6 Å². The van der Waals surface area contributed by atoms with Crippen LogP contribution in [0.2, 0.25) is 0 Å². The van der Waals surface area contributed by atoms with Crippen LogP contribution in [0.4, 0.5) is 5.69 Å². The van der Waals surface area contributed by atoms with Crippen molar-refractivity contribution in [3.8, 4) is 5.75 Å². The van der Waals surface area contributed by atoms with Crippen LogP contribution in [0.5, 0.6) is 5.75 Å². The lowest BCUT2D eigenvalue weighted by Crippen LogP contribution is -2.36. The third-order valence-corrected chi connectivity index (χ3v) is 3.54. The molecular formula is C19H24ClN3O3. The Bertz CT molecular complexity index is 735. The van der Waals surface area contributed by atoms with Crippen molar-refractivity contribution in [3.05, 3.63) is 59.7 Å². The van der Waals surface area contributed by atoms with Crippen LogP contribution in [0.15, 0.2) is 48.5 Å². The van der Waals surface area contributed by atoms with E-state index in [2.05, 4.69) is 10.6 Å². The smallest absolute Gasteiger partial charge is 0.241 e. The van der Waals surface area contributed by atoms with Gasteiger partial charge in [0, 0.05) is 18.7 Å². The molecule has 0 aliphatic rings. The second-order valence-electron chi connectivity index (χ2n) is 5.74. The summed E-state index contributed by atoms with van der Waals surface area (Å²) in [5.41, 5.74) is 8.50. The highest BCUT2D eigenvalue weighted by atomic mass is 35.5. The molecule has 1 atom stereocenters. The van der Waals surface area contributed by atoms with E-state index in [1.165, 1.54) is 6.92 Å². The monoisotopic (exact) mass is 377 g/mol. The first-order valence-corrected chi connectivity index (χ1v) is 8.06. The second-order valence-corrected chi connectivity index (χ2v) is 5.74. The molecule has 0 spiro atoms. The zero-order valence-electron chi connectivity index (χ0n) is 14.8. The summed E-state index contributed by atoms with van der Waals surface area (Å²) < 4.78 is 5.57. The standard InChI is InChI=1S/C19H23N3O3.ClH/c1-13-6-8-15(9-7-13)18(20)19(24)21-10-11-25-17-5-3-4-16(12-17)22-14(2)23;/h3-9,12,18H,10-11,20H2,1-2H3,(H,21,24)(H,22,23);1H. The molecule has 2 amide bonds. The Kier molecular flexibility index (Phi) is 8.61. The number of rotatable bonds is 7. The first kappa shape index (κ1) is 21.5. The molecule has 2 aromatic rings. The lowest BCUT2D eigenvalue weighted by atomic mass is 10.1. The van der Waals surface area contributed by atoms with Crippen molar-refractivity contribution < 1.29 is 14.3 Å². The van der Waals surface area contributed by atoms with E-state index in [1.54, 1.807) is 24.3 Å². The summed E-state index contributed by atoms with van der Waals surface area (Å²) in [6, 6.07) is 13.9. The van der Waals surface area contributed by atoms with Crippen LogP contribution in [-0.4, -0.2) is 25.0 Å². The number of ether oxygens (including phenoxy) is 1. The summed E-state index contributed by atoms with van der Waals surface area (Å²) in [6.07, 6.45) is 0. The Morgan fingerprint density at radius 1 is 1.15 bits per heavy atom. The number of hydrogen-bond acceptors (Lipinski definition) is 4. The van der Waals surface area contributed by atoms with Gasteiger partial charge in [0.1, 0.15) is 18.4 Å².